The molecule has 0 aliphatic heterocycles. The number of fused-ring (bicyclic) bond motifs is 1. The van der Waals surface area contributed by atoms with Gasteiger partial charge in [0.15, 0.2) is 5.13 Å². The van der Waals surface area contributed by atoms with Gasteiger partial charge in [-0.1, -0.05) is 24.3 Å². The van der Waals surface area contributed by atoms with Crippen molar-refractivity contribution in [2.75, 3.05) is 10.6 Å². The Morgan fingerprint density at radius 3 is 2.36 bits per heavy atom. The van der Waals surface area contributed by atoms with E-state index in [-0.39, 0.29) is 11.8 Å². The molecule has 0 atom stereocenters. The number of hydrogen-bond donors (Lipinski definition) is 2. The number of amides is 2. The average molecular weight is 456 g/mol. The Hall–Kier alpha value is -2.51. The van der Waals surface area contributed by atoms with Crippen molar-refractivity contribution < 1.29 is 9.59 Å². The van der Waals surface area contributed by atoms with E-state index in [0.29, 0.717) is 26.4 Å². The largest absolute Gasteiger partial charge is 0.321 e. The maximum absolute atomic E-state index is 12.8. The van der Waals surface area contributed by atoms with Crippen molar-refractivity contribution in [2.45, 2.75) is 25.7 Å². The molecule has 2 N–H and O–H groups in total. The number of aromatic nitrogens is 1. The summed E-state index contributed by atoms with van der Waals surface area (Å²) >= 11 is 4.92. The highest BCUT2D eigenvalue weighted by Gasteiger charge is 2.19. The number of hydrogen-bond acceptors (Lipinski definition) is 4. The number of carbonyl (C=O) groups is 2. The second-order valence-electron chi connectivity index (χ2n) is 6.53. The zero-order valence-corrected chi connectivity index (χ0v) is 17.4. The molecule has 5 nitrogen and oxygen atoms in total. The van der Waals surface area contributed by atoms with Gasteiger partial charge in [-0.3, -0.25) is 14.9 Å². The Kier molecular flexibility index (Phi) is 5.54. The van der Waals surface area contributed by atoms with E-state index in [4.69, 9.17) is 0 Å². The summed E-state index contributed by atoms with van der Waals surface area (Å²) in [4.78, 5) is 31.3. The molecule has 0 bridgehead atoms. The molecule has 1 aliphatic rings. The third-order valence-corrected chi connectivity index (χ3v) is 6.37. The third-order valence-electron chi connectivity index (χ3n) is 4.60. The van der Waals surface area contributed by atoms with E-state index in [1.807, 2.05) is 6.07 Å². The van der Waals surface area contributed by atoms with Gasteiger partial charge in [0.05, 0.1) is 22.5 Å². The lowest BCUT2D eigenvalue weighted by Crippen LogP contribution is -2.18. The van der Waals surface area contributed by atoms with Crippen molar-refractivity contribution in [2.24, 2.45) is 0 Å². The van der Waals surface area contributed by atoms with Crippen molar-refractivity contribution >= 4 is 49.9 Å². The molecule has 3 aromatic rings. The predicted octanol–water partition coefficient (Wildman–Crippen LogP) is 5.29. The second-order valence-corrected chi connectivity index (χ2v) is 8.47. The highest BCUT2D eigenvalue weighted by Crippen LogP contribution is 2.30. The lowest BCUT2D eigenvalue weighted by molar-refractivity contribution is 0.102. The van der Waals surface area contributed by atoms with Crippen LogP contribution in [0.5, 0.6) is 0 Å². The lowest BCUT2D eigenvalue weighted by Gasteiger charge is -2.11. The van der Waals surface area contributed by atoms with Crippen LogP contribution in [-0.4, -0.2) is 16.8 Å². The molecule has 0 spiro atoms. The molecule has 142 valence electrons. The summed E-state index contributed by atoms with van der Waals surface area (Å²) < 4.78 is 0.697. The molecule has 0 saturated carbocycles. The first-order chi connectivity index (χ1) is 13.6. The van der Waals surface area contributed by atoms with Crippen LogP contribution in [0.3, 0.4) is 0 Å². The fourth-order valence-corrected chi connectivity index (χ4v) is 4.70. The number of halogens is 1. The van der Waals surface area contributed by atoms with Gasteiger partial charge in [-0.15, -0.1) is 11.3 Å². The summed E-state index contributed by atoms with van der Waals surface area (Å²) in [7, 11) is 0. The summed E-state index contributed by atoms with van der Waals surface area (Å²) in [5.41, 5.74) is 2.46. The smallest absolute Gasteiger partial charge is 0.259 e. The number of aryl methyl sites for hydroxylation is 2. The molecule has 0 radical (unpaired) electrons. The average Bonchev–Trinajstić information content (AvgIpc) is 3.11. The number of rotatable bonds is 4. The monoisotopic (exact) mass is 455 g/mol. The molecule has 0 unspecified atom stereocenters. The molecule has 4 rings (SSSR count). The van der Waals surface area contributed by atoms with E-state index in [0.717, 1.165) is 25.0 Å². The van der Waals surface area contributed by atoms with Crippen LogP contribution in [0.2, 0.25) is 0 Å². The molecule has 1 aliphatic carbocycles. The fourth-order valence-electron chi connectivity index (χ4n) is 3.20. The van der Waals surface area contributed by atoms with Gasteiger partial charge in [-0.25, -0.2) is 4.98 Å². The number of para-hydroxylation sites is 1. The minimum absolute atomic E-state index is 0.280. The topological polar surface area (TPSA) is 71.1 Å². The van der Waals surface area contributed by atoms with E-state index >= 15 is 0 Å². The third kappa shape index (κ3) is 4.00. The molecule has 1 heterocycles. The van der Waals surface area contributed by atoms with E-state index in [2.05, 4.69) is 31.5 Å². The van der Waals surface area contributed by atoms with Crippen LogP contribution < -0.4 is 10.6 Å². The van der Waals surface area contributed by atoms with Crippen LogP contribution in [0.1, 0.15) is 44.1 Å². The lowest BCUT2D eigenvalue weighted by atomic mass is 10.0. The van der Waals surface area contributed by atoms with Crippen LogP contribution in [0, 0.1) is 0 Å². The molecule has 0 saturated heterocycles. The molecule has 0 fully saturated rings. The molecule has 1 aromatic heterocycles. The van der Waals surface area contributed by atoms with Crippen LogP contribution in [0.4, 0.5) is 10.8 Å². The van der Waals surface area contributed by atoms with E-state index < -0.39 is 0 Å². The highest BCUT2D eigenvalue weighted by molar-refractivity contribution is 9.10. The predicted molar refractivity (Wildman–Crippen MR) is 115 cm³/mol. The fraction of sp³-hybridized carbons (Fsp3) is 0.190. The van der Waals surface area contributed by atoms with Gasteiger partial charge < -0.3 is 5.32 Å². The van der Waals surface area contributed by atoms with Crippen LogP contribution in [-0.2, 0) is 12.8 Å². The highest BCUT2D eigenvalue weighted by atomic mass is 79.9. The molecule has 2 amide bonds. The zero-order valence-electron chi connectivity index (χ0n) is 15.0. The Labute approximate surface area is 175 Å². The number of thiazole rings is 1. The summed E-state index contributed by atoms with van der Waals surface area (Å²) in [6.07, 6.45) is 4.32. The second kappa shape index (κ2) is 8.24. The first kappa shape index (κ1) is 18.8. The minimum Gasteiger partial charge on any atom is -0.321 e. The van der Waals surface area contributed by atoms with Gasteiger partial charge in [0.2, 0.25) is 0 Å². The zero-order chi connectivity index (χ0) is 19.5. The van der Waals surface area contributed by atoms with Crippen molar-refractivity contribution in [3.05, 3.63) is 74.7 Å². The standard InChI is InChI=1S/C21H18BrN3O2S/c22-15-9-3-1-7-13(15)19(26)23-16-10-4-2-8-14(16)20(27)25-21-24-17-11-5-6-12-18(17)28-21/h1-4,7-10H,5-6,11-12H2,(H,23,26)(H,24,25,27). The van der Waals surface area contributed by atoms with Gasteiger partial charge in [0.25, 0.3) is 11.8 Å². The number of anilines is 2. The van der Waals surface area contributed by atoms with Gasteiger partial charge in [-0.05, 0) is 65.9 Å². The first-order valence-corrected chi connectivity index (χ1v) is 10.7. The Morgan fingerprint density at radius 2 is 1.57 bits per heavy atom. The van der Waals surface area contributed by atoms with E-state index in [1.54, 1.807) is 53.8 Å². The van der Waals surface area contributed by atoms with Crippen molar-refractivity contribution in [3.63, 3.8) is 0 Å². The molecule has 2 aromatic carbocycles. The van der Waals surface area contributed by atoms with E-state index in [9.17, 15) is 9.59 Å². The molecular formula is C21H18BrN3O2S. The Morgan fingerprint density at radius 1 is 0.893 bits per heavy atom. The van der Waals surface area contributed by atoms with Gasteiger partial charge in [-0.2, -0.15) is 0 Å². The van der Waals surface area contributed by atoms with E-state index in [1.165, 1.54) is 11.3 Å². The normalized spacial score (nSPS) is 12.9. The van der Waals surface area contributed by atoms with Crippen LogP contribution >= 0.6 is 27.3 Å². The van der Waals surface area contributed by atoms with Crippen LogP contribution in [0.25, 0.3) is 0 Å². The SMILES string of the molecule is O=C(Nc1ccccc1C(=O)Nc1nc2c(s1)CCCC2)c1ccccc1Br. The number of benzene rings is 2. The number of nitrogens with one attached hydrogen (secondary N) is 2. The van der Waals surface area contributed by atoms with Gasteiger partial charge in [0, 0.05) is 9.35 Å². The Balaban J connectivity index is 1.54. The van der Waals surface area contributed by atoms with Crippen LogP contribution in [0.15, 0.2) is 53.0 Å². The Bertz CT molecular complexity index is 1020. The maximum atomic E-state index is 12.8. The van der Waals surface area contributed by atoms with Crippen molar-refractivity contribution in [3.8, 4) is 0 Å². The van der Waals surface area contributed by atoms with Crippen molar-refractivity contribution in [1.29, 1.82) is 0 Å². The van der Waals surface area contributed by atoms with Crippen molar-refractivity contribution in [1.82, 2.24) is 4.98 Å². The summed E-state index contributed by atoms with van der Waals surface area (Å²) in [5, 5.41) is 6.34. The maximum Gasteiger partial charge on any atom is 0.259 e. The summed E-state index contributed by atoms with van der Waals surface area (Å²) in [6, 6.07) is 14.1. The van der Waals surface area contributed by atoms with Gasteiger partial charge in [0.1, 0.15) is 0 Å². The minimum atomic E-state index is -0.283. The van der Waals surface area contributed by atoms with Gasteiger partial charge >= 0.3 is 0 Å². The quantitative estimate of drug-likeness (QED) is 0.561. The number of carbonyl (C=O) groups excluding carboxylic acids is 2. The first-order valence-electron chi connectivity index (χ1n) is 9.06. The molecular weight excluding hydrogens is 438 g/mol. The summed E-state index contributed by atoms with van der Waals surface area (Å²) in [5.74, 6) is -0.563. The summed E-state index contributed by atoms with van der Waals surface area (Å²) in [6.45, 7) is 0. The molecule has 7 heteroatoms. The number of nitrogens with zero attached hydrogens (tertiary/aromatic N) is 1. The molecule has 28 heavy (non-hydrogen) atoms.